The van der Waals surface area contributed by atoms with Crippen LogP contribution in [0.1, 0.15) is 38.4 Å². The van der Waals surface area contributed by atoms with Gasteiger partial charge in [0.2, 0.25) is 0 Å². The van der Waals surface area contributed by atoms with Crippen molar-refractivity contribution in [2.24, 2.45) is 0 Å². The second-order valence-corrected chi connectivity index (χ2v) is 3.78. The van der Waals surface area contributed by atoms with Gasteiger partial charge in [-0.05, 0) is 5.56 Å². The molecule has 0 aliphatic rings. The first kappa shape index (κ1) is 14.2. The quantitative estimate of drug-likeness (QED) is 0.728. The summed E-state index contributed by atoms with van der Waals surface area (Å²) in [6, 6.07) is 9.26. The van der Waals surface area contributed by atoms with Crippen LogP contribution in [0, 0.1) is 0 Å². The molecule has 4 nitrogen and oxygen atoms in total. The molecule has 0 amide bonds. The Labute approximate surface area is 107 Å². The number of hydrogen-bond acceptors (Lipinski definition) is 4. The van der Waals surface area contributed by atoms with Crippen molar-refractivity contribution in [3.63, 3.8) is 0 Å². The van der Waals surface area contributed by atoms with E-state index in [1.54, 1.807) is 13.8 Å². The van der Waals surface area contributed by atoms with Crippen LogP contribution < -0.4 is 0 Å². The minimum absolute atomic E-state index is 0.0580. The van der Waals surface area contributed by atoms with E-state index in [9.17, 15) is 9.59 Å². The zero-order chi connectivity index (χ0) is 13.4. The van der Waals surface area contributed by atoms with E-state index in [-0.39, 0.29) is 18.5 Å². The number of carbonyl (C=O) groups is 2. The van der Waals surface area contributed by atoms with Crippen LogP contribution in [0.15, 0.2) is 30.3 Å². The van der Waals surface area contributed by atoms with Gasteiger partial charge in [0.25, 0.3) is 0 Å². The zero-order valence-corrected chi connectivity index (χ0v) is 10.7. The summed E-state index contributed by atoms with van der Waals surface area (Å²) in [6.45, 7) is 3.50. The predicted octanol–water partition coefficient (Wildman–Crippen LogP) is 2.63. The molecule has 1 aromatic carbocycles. The fraction of sp³-hybridized carbons (Fsp3) is 0.429. The Morgan fingerprint density at radius 1 is 1.06 bits per heavy atom. The molecular formula is C14H18O4. The van der Waals surface area contributed by atoms with Gasteiger partial charge in [0, 0.05) is 12.8 Å². The molecule has 0 saturated carbocycles. The van der Waals surface area contributed by atoms with Gasteiger partial charge in [-0.25, -0.2) is 0 Å². The van der Waals surface area contributed by atoms with Crippen molar-refractivity contribution in [1.29, 1.82) is 0 Å². The summed E-state index contributed by atoms with van der Waals surface area (Å²) < 4.78 is 10.3. The highest BCUT2D eigenvalue weighted by molar-refractivity contribution is 5.70. The third-order valence-corrected chi connectivity index (χ3v) is 2.42. The van der Waals surface area contributed by atoms with Gasteiger partial charge in [-0.15, -0.1) is 0 Å². The smallest absolute Gasteiger partial charge is 0.306 e. The van der Waals surface area contributed by atoms with Crippen molar-refractivity contribution in [3.8, 4) is 0 Å². The topological polar surface area (TPSA) is 52.6 Å². The van der Waals surface area contributed by atoms with Crippen molar-refractivity contribution in [2.75, 3.05) is 6.61 Å². The molecule has 0 aromatic heterocycles. The Bertz CT molecular complexity index is 386. The predicted molar refractivity (Wildman–Crippen MR) is 66.8 cm³/mol. The number of carbonyl (C=O) groups excluding carboxylic acids is 2. The number of hydrogen-bond donors (Lipinski definition) is 0. The van der Waals surface area contributed by atoms with E-state index < -0.39 is 6.10 Å². The second kappa shape index (κ2) is 7.48. The number of esters is 2. The van der Waals surface area contributed by atoms with Crippen LogP contribution in [-0.4, -0.2) is 18.5 Å². The highest BCUT2D eigenvalue weighted by Gasteiger charge is 2.17. The van der Waals surface area contributed by atoms with Crippen molar-refractivity contribution in [3.05, 3.63) is 35.9 Å². The highest BCUT2D eigenvalue weighted by atomic mass is 16.6. The molecule has 4 heteroatoms. The molecule has 1 rings (SSSR count). The average Bonchev–Trinajstić information content (AvgIpc) is 2.43. The summed E-state index contributed by atoms with van der Waals surface area (Å²) in [7, 11) is 0. The van der Waals surface area contributed by atoms with Crippen LogP contribution in [0.5, 0.6) is 0 Å². The van der Waals surface area contributed by atoms with Crippen LogP contribution in [0.3, 0.4) is 0 Å². The summed E-state index contributed by atoms with van der Waals surface area (Å²) in [5.41, 5.74) is 0.822. The Morgan fingerprint density at radius 3 is 2.22 bits per heavy atom. The molecule has 0 aliphatic carbocycles. The van der Waals surface area contributed by atoms with Crippen LogP contribution in [0.25, 0.3) is 0 Å². The summed E-state index contributed by atoms with van der Waals surface area (Å²) in [5, 5.41) is 0. The average molecular weight is 250 g/mol. The largest absolute Gasteiger partial charge is 0.461 e. The third-order valence-electron chi connectivity index (χ3n) is 2.42. The molecule has 0 saturated heterocycles. The van der Waals surface area contributed by atoms with Crippen molar-refractivity contribution in [1.82, 2.24) is 0 Å². The van der Waals surface area contributed by atoms with Crippen molar-refractivity contribution < 1.29 is 19.1 Å². The Hall–Kier alpha value is -1.84. The molecule has 1 atom stereocenters. The minimum atomic E-state index is -0.533. The van der Waals surface area contributed by atoms with Gasteiger partial charge in [0.05, 0.1) is 0 Å². The Morgan fingerprint density at radius 2 is 1.67 bits per heavy atom. The first-order valence-electron chi connectivity index (χ1n) is 6.07. The van der Waals surface area contributed by atoms with Crippen LogP contribution >= 0.6 is 0 Å². The van der Waals surface area contributed by atoms with E-state index in [0.29, 0.717) is 12.8 Å². The maximum atomic E-state index is 11.3. The maximum Gasteiger partial charge on any atom is 0.306 e. The molecule has 0 radical (unpaired) electrons. The monoisotopic (exact) mass is 250 g/mol. The minimum Gasteiger partial charge on any atom is -0.461 e. The van der Waals surface area contributed by atoms with E-state index in [0.717, 1.165) is 5.56 Å². The SMILES string of the molecule is CCC(=O)OCC(OC(=O)CC)c1ccccc1. The molecule has 0 fully saturated rings. The lowest BCUT2D eigenvalue weighted by Gasteiger charge is -2.17. The Balaban J connectivity index is 2.69. The molecule has 1 aromatic rings. The molecule has 0 bridgehead atoms. The van der Waals surface area contributed by atoms with Gasteiger partial charge >= 0.3 is 11.9 Å². The maximum absolute atomic E-state index is 11.3. The van der Waals surface area contributed by atoms with Crippen LogP contribution in [0.2, 0.25) is 0 Å². The Kier molecular flexibility index (Phi) is 5.91. The third kappa shape index (κ3) is 4.57. The fourth-order valence-corrected chi connectivity index (χ4v) is 1.38. The van der Waals surface area contributed by atoms with Gasteiger partial charge in [0.15, 0.2) is 6.10 Å². The number of rotatable bonds is 6. The summed E-state index contributed by atoms with van der Waals surface area (Å²) >= 11 is 0. The molecule has 98 valence electrons. The summed E-state index contributed by atoms with van der Waals surface area (Å²) in [4.78, 5) is 22.5. The lowest BCUT2D eigenvalue weighted by molar-refractivity contribution is -0.159. The highest BCUT2D eigenvalue weighted by Crippen LogP contribution is 2.18. The summed E-state index contributed by atoms with van der Waals surface area (Å²) in [5.74, 6) is -0.611. The molecule has 18 heavy (non-hydrogen) atoms. The van der Waals surface area contributed by atoms with Crippen molar-refractivity contribution in [2.45, 2.75) is 32.8 Å². The molecule has 0 spiro atoms. The van der Waals surface area contributed by atoms with Crippen LogP contribution in [-0.2, 0) is 19.1 Å². The van der Waals surface area contributed by atoms with E-state index in [1.807, 2.05) is 30.3 Å². The molecular weight excluding hydrogens is 232 g/mol. The molecule has 0 aliphatic heterocycles. The second-order valence-electron chi connectivity index (χ2n) is 3.78. The van der Waals surface area contributed by atoms with Crippen LogP contribution in [0.4, 0.5) is 0 Å². The standard InChI is InChI=1S/C14H18O4/c1-3-13(15)17-10-12(18-14(16)4-2)11-8-6-5-7-9-11/h5-9,12H,3-4,10H2,1-2H3. The van der Waals surface area contributed by atoms with E-state index in [1.165, 1.54) is 0 Å². The zero-order valence-electron chi connectivity index (χ0n) is 10.7. The lowest BCUT2D eigenvalue weighted by atomic mass is 10.1. The fourth-order valence-electron chi connectivity index (χ4n) is 1.38. The normalized spacial score (nSPS) is 11.7. The van der Waals surface area contributed by atoms with Gasteiger partial charge in [-0.3, -0.25) is 9.59 Å². The summed E-state index contributed by atoms with van der Waals surface area (Å²) in [6.07, 6.45) is 0.0723. The van der Waals surface area contributed by atoms with Gasteiger partial charge in [-0.1, -0.05) is 44.2 Å². The van der Waals surface area contributed by atoms with Gasteiger partial charge in [0.1, 0.15) is 6.61 Å². The molecule has 1 unspecified atom stereocenters. The van der Waals surface area contributed by atoms with E-state index in [2.05, 4.69) is 0 Å². The number of ether oxygens (including phenoxy) is 2. The first-order valence-corrected chi connectivity index (χ1v) is 6.07. The van der Waals surface area contributed by atoms with Crippen molar-refractivity contribution >= 4 is 11.9 Å². The molecule has 0 heterocycles. The van der Waals surface area contributed by atoms with Gasteiger partial charge in [-0.2, -0.15) is 0 Å². The van der Waals surface area contributed by atoms with E-state index in [4.69, 9.17) is 9.47 Å². The number of benzene rings is 1. The lowest BCUT2D eigenvalue weighted by Crippen LogP contribution is -2.18. The van der Waals surface area contributed by atoms with E-state index >= 15 is 0 Å². The first-order chi connectivity index (χ1) is 8.67. The molecule has 0 N–H and O–H groups in total. The van der Waals surface area contributed by atoms with Gasteiger partial charge < -0.3 is 9.47 Å².